The van der Waals surface area contributed by atoms with Gasteiger partial charge in [-0.2, -0.15) is 0 Å². The van der Waals surface area contributed by atoms with Crippen LogP contribution >= 0.6 is 11.3 Å². The summed E-state index contributed by atoms with van der Waals surface area (Å²) < 4.78 is 0. The first-order chi connectivity index (χ1) is 9.19. The summed E-state index contributed by atoms with van der Waals surface area (Å²) >= 11 is 1.60. The fourth-order valence-corrected chi connectivity index (χ4v) is 2.55. The summed E-state index contributed by atoms with van der Waals surface area (Å²) in [7, 11) is 0. The van der Waals surface area contributed by atoms with Crippen LogP contribution in [0.25, 0.3) is 0 Å². The number of nitrogens with two attached hydrogens (primary N) is 1. The van der Waals surface area contributed by atoms with Crippen molar-refractivity contribution in [3.8, 4) is 0 Å². The van der Waals surface area contributed by atoms with Gasteiger partial charge in [-0.25, -0.2) is 4.98 Å². The van der Waals surface area contributed by atoms with Crippen LogP contribution in [-0.2, 0) is 24.3 Å². The van der Waals surface area contributed by atoms with Gasteiger partial charge in [0.2, 0.25) is 5.91 Å². The third-order valence-electron chi connectivity index (χ3n) is 2.80. The molecule has 0 unspecified atom stereocenters. The zero-order chi connectivity index (χ0) is 13.7. The highest BCUT2D eigenvalue weighted by molar-refractivity contribution is 7.11. The van der Waals surface area contributed by atoms with Crippen LogP contribution in [0, 0.1) is 6.92 Å². The topological polar surface area (TPSA) is 68.0 Å². The first kappa shape index (κ1) is 13.7. The van der Waals surface area contributed by atoms with Crippen molar-refractivity contribution in [2.45, 2.75) is 26.4 Å². The molecule has 19 heavy (non-hydrogen) atoms. The second-order valence-electron chi connectivity index (χ2n) is 4.29. The van der Waals surface area contributed by atoms with E-state index in [4.69, 9.17) is 5.73 Å². The molecule has 4 nitrogen and oxygen atoms in total. The lowest BCUT2D eigenvalue weighted by molar-refractivity contribution is -0.120. The number of nitrogens with zero attached hydrogens (tertiary/aromatic N) is 1. The highest BCUT2D eigenvalue weighted by Gasteiger charge is 2.07. The lowest BCUT2D eigenvalue weighted by atomic mass is 10.0. The molecule has 0 saturated carbocycles. The van der Waals surface area contributed by atoms with Crippen molar-refractivity contribution in [1.29, 1.82) is 0 Å². The Hall–Kier alpha value is -1.72. The monoisotopic (exact) mass is 275 g/mol. The van der Waals surface area contributed by atoms with Crippen molar-refractivity contribution < 1.29 is 4.79 Å². The van der Waals surface area contributed by atoms with E-state index < -0.39 is 0 Å². The van der Waals surface area contributed by atoms with Crippen LogP contribution in [0.15, 0.2) is 30.5 Å². The Morgan fingerprint density at radius 2 is 2.11 bits per heavy atom. The largest absolute Gasteiger partial charge is 0.349 e. The van der Waals surface area contributed by atoms with E-state index in [0.29, 0.717) is 19.5 Å². The fourth-order valence-electron chi connectivity index (χ4n) is 1.82. The minimum Gasteiger partial charge on any atom is -0.349 e. The maximum absolute atomic E-state index is 11.9. The number of nitrogens with one attached hydrogen (secondary N) is 1. The lowest BCUT2D eigenvalue weighted by Gasteiger charge is -2.07. The van der Waals surface area contributed by atoms with E-state index in [-0.39, 0.29) is 5.91 Å². The van der Waals surface area contributed by atoms with Gasteiger partial charge >= 0.3 is 0 Å². The van der Waals surface area contributed by atoms with E-state index in [1.54, 1.807) is 11.3 Å². The molecule has 0 aliphatic rings. The zero-order valence-electron chi connectivity index (χ0n) is 10.8. The smallest absolute Gasteiger partial charge is 0.224 e. The summed E-state index contributed by atoms with van der Waals surface area (Å²) in [6.07, 6.45) is 2.17. The molecule has 0 aliphatic carbocycles. The van der Waals surface area contributed by atoms with Crippen LogP contribution in [0.1, 0.15) is 21.0 Å². The molecule has 2 aromatic rings. The van der Waals surface area contributed by atoms with Crippen LogP contribution in [0.3, 0.4) is 0 Å². The van der Waals surface area contributed by atoms with Gasteiger partial charge in [0.1, 0.15) is 5.01 Å². The minimum atomic E-state index is -0.00578. The van der Waals surface area contributed by atoms with Crippen molar-refractivity contribution in [1.82, 2.24) is 10.3 Å². The standard InChI is InChI=1S/C14H17N3OS/c1-10-8-17-14(19-10)9-16-13(18)6-11-4-2-3-5-12(11)7-15/h2-5,8H,6-7,9,15H2,1H3,(H,16,18). The second-order valence-corrected chi connectivity index (χ2v) is 5.61. The van der Waals surface area contributed by atoms with Crippen molar-refractivity contribution in [2.24, 2.45) is 5.73 Å². The van der Waals surface area contributed by atoms with Crippen LogP contribution in [0.4, 0.5) is 0 Å². The van der Waals surface area contributed by atoms with Gasteiger partial charge in [-0.3, -0.25) is 4.79 Å². The second kappa shape index (κ2) is 6.45. The molecule has 0 saturated heterocycles. The molecule has 0 bridgehead atoms. The van der Waals surface area contributed by atoms with Gasteiger partial charge in [0.25, 0.3) is 0 Å². The number of benzene rings is 1. The van der Waals surface area contributed by atoms with E-state index in [1.807, 2.05) is 37.4 Å². The molecular weight excluding hydrogens is 258 g/mol. The molecule has 100 valence electrons. The summed E-state index contributed by atoms with van der Waals surface area (Å²) in [6.45, 7) is 2.94. The van der Waals surface area contributed by atoms with E-state index in [0.717, 1.165) is 21.0 Å². The summed E-state index contributed by atoms with van der Waals surface area (Å²) in [5.74, 6) is -0.00578. The molecule has 1 heterocycles. The molecule has 0 aliphatic heterocycles. The first-order valence-corrected chi connectivity index (χ1v) is 6.95. The van der Waals surface area contributed by atoms with Crippen LogP contribution in [-0.4, -0.2) is 10.9 Å². The maximum atomic E-state index is 11.9. The fraction of sp³-hybridized carbons (Fsp3) is 0.286. The molecule has 0 atom stereocenters. The number of hydrogen-bond acceptors (Lipinski definition) is 4. The van der Waals surface area contributed by atoms with Gasteiger partial charge in [-0.05, 0) is 18.1 Å². The Morgan fingerprint density at radius 1 is 1.37 bits per heavy atom. The van der Waals surface area contributed by atoms with E-state index >= 15 is 0 Å². The predicted molar refractivity (Wildman–Crippen MR) is 76.7 cm³/mol. The number of amides is 1. The average molecular weight is 275 g/mol. The molecule has 1 amide bonds. The lowest BCUT2D eigenvalue weighted by Crippen LogP contribution is -2.25. The molecule has 3 N–H and O–H groups in total. The summed E-state index contributed by atoms with van der Waals surface area (Å²) in [6, 6.07) is 7.75. The maximum Gasteiger partial charge on any atom is 0.224 e. The SMILES string of the molecule is Cc1cnc(CNC(=O)Cc2ccccc2CN)s1. The van der Waals surface area contributed by atoms with Gasteiger partial charge < -0.3 is 11.1 Å². The zero-order valence-corrected chi connectivity index (χ0v) is 11.7. The van der Waals surface area contributed by atoms with Crippen molar-refractivity contribution >= 4 is 17.2 Å². The third-order valence-corrected chi connectivity index (χ3v) is 3.71. The Balaban J connectivity index is 1.90. The number of aryl methyl sites for hydroxylation is 1. The normalized spacial score (nSPS) is 10.4. The number of rotatable bonds is 5. The summed E-state index contributed by atoms with van der Waals surface area (Å²) in [5, 5.41) is 3.81. The minimum absolute atomic E-state index is 0.00578. The highest BCUT2D eigenvalue weighted by Crippen LogP contribution is 2.11. The first-order valence-electron chi connectivity index (χ1n) is 6.14. The van der Waals surface area contributed by atoms with Crippen molar-refractivity contribution in [3.63, 3.8) is 0 Å². The van der Waals surface area contributed by atoms with E-state index in [1.165, 1.54) is 0 Å². The number of hydrogen-bond donors (Lipinski definition) is 2. The number of carbonyl (C=O) groups excluding carboxylic acids is 1. The average Bonchev–Trinajstić information content (AvgIpc) is 2.83. The molecular formula is C14H17N3OS. The summed E-state index contributed by atoms with van der Waals surface area (Å²) in [5.41, 5.74) is 7.65. The van der Waals surface area contributed by atoms with Gasteiger partial charge in [0, 0.05) is 17.6 Å². The Kier molecular flexibility index (Phi) is 4.65. The van der Waals surface area contributed by atoms with Crippen LogP contribution < -0.4 is 11.1 Å². The Labute approximate surface area is 116 Å². The Morgan fingerprint density at radius 3 is 2.74 bits per heavy atom. The number of carbonyl (C=O) groups is 1. The highest BCUT2D eigenvalue weighted by atomic mass is 32.1. The van der Waals surface area contributed by atoms with Gasteiger partial charge in [0.05, 0.1) is 13.0 Å². The van der Waals surface area contributed by atoms with Crippen LogP contribution in [0.2, 0.25) is 0 Å². The molecule has 0 spiro atoms. The van der Waals surface area contributed by atoms with E-state index in [9.17, 15) is 4.79 Å². The van der Waals surface area contributed by atoms with Crippen molar-refractivity contribution in [3.05, 3.63) is 51.5 Å². The molecule has 0 fully saturated rings. The molecule has 5 heteroatoms. The third kappa shape index (κ3) is 3.87. The summed E-state index contributed by atoms with van der Waals surface area (Å²) in [4.78, 5) is 17.2. The predicted octanol–water partition coefficient (Wildman–Crippen LogP) is 1.77. The molecule has 0 radical (unpaired) electrons. The number of aromatic nitrogens is 1. The van der Waals surface area contributed by atoms with Gasteiger partial charge in [0.15, 0.2) is 0 Å². The van der Waals surface area contributed by atoms with Gasteiger partial charge in [-0.15, -0.1) is 11.3 Å². The molecule has 1 aromatic carbocycles. The van der Waals surface area contributed by atoms with E-state index in [2.05, 4.69) is 10.3 Å². The molecule has 1 aromatic heterocycles. The van der Waals surface area contributed by atoms with Gasteiger partial charge in [-0.1, -0.05) is 24.3 Å². The quantitative estimate of drug-likeness (QED) is 0.874. The number of thiazole rings is 1. The Bertz CT molecular complexity index is 565. The molecule has 2 rings (SSSR count). The van der Waals surface area contributed by atoms with Crippen LogP contribution in [0.5, 0.6) is 0 Å². The van der Waals surface area contributed by atoms with Crippen molar-refractivity contribution in [2.75, 3.05) is 0 Å².